The molecule has 2 rings (SSSR count). The van der Waals surface area contributed by atoms with E-state index in [2.05, 4.69) is 5.32 Å². The third-order valence-electron chi connectivity index (χ3n) is 3.77. The molecule has 0 bridgehead atoms. The van der Waals surface area contributed by atoms with Crippen LogP contribution in [0.5, 0.6) is 0 Å². The van der Waals surface area contributed by atoms with Crippen molar-refractivity contribution in [3.8, 4) is 0 Å². The minimum atomic E-state index is -4.62. The van der Waals surface area contributed by atoms with Gasteiger partial charge in [-0.15, -0.1) is 0 Å². The van der Waals surface area contributed by atoms with Crippen LogP contribution in [-0.4, -0.2) is 24.1 Å². The maximum Gasteiger partial charge on any atom is 0.418 e. The Hall–Kier alpha value is -3.16. The van der Waals surface area contributed by atoms with Crippen LogP contribution in [0, 0.1) is 0 Å². The summed E-state index contributed by atoms with van der Waals surface area (Å²) in [5, 5.41) is 2.19. The molecular formula is C19H17F3N2O3. The summed E-state index contributed by atoms with van der Waals surface area (Å²) in [6.45, 7) is 2.15. The fraction of sp³-hybridized carbons (Fsp3) is 0.211. The first-order valence-electron chi connectivity index (χ1n) is 7.95. The van der Waals surface area contributed by atoms with Crippen molar-refractivity contribution in [3.63, 3.8) is 0 Å². The van der Waals surface area contributed by atoms with Gasteiger partial charge in [0.15, 0.2) is 5.78 Å². The number of carbonyl (C=O) groups excluding carboxylic acids is 3. The van der Waals surface area contributed by atoms with Crippen molar-refractivity contribution in [1.82, 2.24) is 0 Å². The monoisotopic (exact) mass is 378 g/mol. The Morgan fingerprint density at radius 1 is 0.963 bits per heavy atom. The van der Waals surface area contributed by atoms with Gasteiger partial charge in [-0.1, -0.05) is 12.1 Å². The quantitative estimate of drug-likeness (QED) is 0.803. The molecule has 142 valence electrons. The number of rotatable bonds is 5. The van der Waals surface area contributed by atoms with E-state index in [0.29, 0.717) is 11.3 Å². The van der Waals surface area contributed by atoms with Crippen LogP contribution in [-0.2, 0) is 15.8 Å². The molecule has 0 aliphatic rings. The maximum absolute atomic E-state index is 13.0. The number of amides is 2. The fourth-order valence-electron chi connectivity index (χ4n) is 2.43. The van der Waals surface area contributed by atoms with Crippen LogP contribution in [0.1, 0.15) is 29.8 Å². The summed E-state index contributed by atoms with van der Waals surface area (Å²) >= 11 is 0. The second kappa shape index (κ2) is 8.03. The molecule has 0 aliphatic carbocycles. The van der Waals surface area contributed by atoms with E-state index in [-0.39, 0.29) is 11.5 Å². The first-order valence-corrected chi connectivity index (χ1v) is 7.95. The molecule has 0 spiro atoms. The highest BCUT2D eigenvalue weighted by Crippen LogP contribution is 2.34. The Morgan fingerprint density at radius 3 is 2.07 bits per heavy atom. The van der Waals surface area contributed by atoms with E-state index >= 15 is 0 Å². The highest BCUT2D eigenvalue weighted by molar-refractivity contribution is 6.02. The van der Waals surface area contributed by atoms with Gasteiger partial charge in [-0.05, 0) is 43.3 Å². The molecular weight excluding hydrogens is 361 g/mol. The van der Waals surface area contributed by atoms with Gasteiger partial charge in [-0.2, -0.15) is 13.2 Å². The summed E-state index contributed by atoms with van der Waals surface area (Å²) in [7, 11) is 0. The molecule has 2 amide bonds. The van der Waals surface area contributed by atoms with E-state index in [1.165, 1.54) is 50.2 Å². The standard InChI is InChI=1S/C19H17F3N2O3/c1-12(25)14-7-9-15(10-8-14)24(13(2)26)11-18(27)23-17-6-4-3-5-16(17)19(20,21)22/h3-10H,11H2,1-2H3,(H,23,27). The zero-order valence-electron chi connectivity index (χ0n) is 14.6. The topological polar surface area (TPSA) is 66.5 Å². The van der Waals surface area contributed by atoms with Crippen molar-refractivity contribution in [2.24, 2.45) is 0 Å². The molecule has 0 fully saturated rings. The number of ketones is 1. The Morgan fingerprint density at radius 2 is 1.56 bits per heavy atom. The zero-order chi connectivity index (χ0) is 20.2. The second-order valence-corrected chi connectivity index (χ2v) is 5.80. The summed E-state index contributed by atoms with van der Waals surface area (Å²) in [6, 6.07) is 10.6. The first-order chi connectivity index (χ1) is 12.6. The van der Waals surface area contributed by atoms with E-state index in [1.807, 2.05) is 0 Å². The summed E-state index contributed by atoms with van der Waals surface area (Å²) in [6.07, 6.45) is -4.62. The van der Waals surface area contributed by atoms with Crippen LogP contribution >= 0.6 is 0 Å². The molecule has 8 heteroatoms. The fourth-order valence-corrected chi connectivity index (χ4v) is 2.43. The summed E-state index contributed by atoms with van der Waals surface area (Å²) in [4.78, 5) is 36.5. The number of para-hydroxylation sites is 1. The van der Waals surface area contributed by atoms with Crippen LogP contribution in [0.15, 0.2) is 48.5 Å². The minimum Gasteiger partial charge on any atom is -0.324 e. The molecule has 0 heterocycles. The lowest BCUT2D eigenvalue weighted by atomic mass is 10.1. The van der Waals surface area contributed by atoms with Crippen molar-refractivity contribution in [2.75, 3.05) is 16.8 Å². The van der Waals surface area contributed by atoms with Gasteiger partial charge in [0.1, 0.15) is 6.54 Å². The molecule has 0 saturated carbocycles. The van der Waals surface area contributed by atoms with E-state index < -0.39 is 30.1 Å². The van der Waals surface area contributed by atoms with Gasteiger partial charge in [0, 0.05) is 18.2 Å². The van der Waals surface area contributed by atoms with Gasteiger partial charge < -0.3 is 10.2 Å². The van der Waals surface area contributed by atoms with E-state index in [0.717, 1.165) is 17.0 Å². The number of halogens is 3. The van der Waals surface area contributed by atoms with Gasteiger partial charge in [0.25, 0.3) is 0 Å². The van der Waals surface area contributed by atoms with Crippen molar-refractivity contribution in [3.05, 3.63) is 59.7 Å². The molecule has 5 nitrogen and oxygen atoms in total. The Balaban J connectivity index is 2.19. The van der Waals surface area contributed by atoms with Crippen LogP contribution in [0.3, 0.4) is 0 Å². The maximum atomic E-state index is 13.0. The number of carbonyl (C=O) groups is 3. The molecule has 0 unspecified atom stereocenters. The van der Waals surface area contributed by atoms with Crippen molar-refractivity contribution < 1.29 is 27.6 Å². The summed E-state index contributed by atoms with van der Waals surface area (Å²) in [5.74, 6) is -1.40. The summed E-state index contributed by atoms with van der Waals surface area (Å²) in [5.41, 5.74) is -0.568. The zero-order valence-corrected chi connectivity index (χ0v) is 14.6. The van der Waals surface area contributed by atoms with Crippen molar-refractivity contribution >= 4 is 29.0 Å². The highest BCUT2D eigenvalue weighted by atomic mass is 19.4. The number of hydrogen-bond donors (Lipinski definition) is 1. The number of nitrogens with zero attached hydrogens (tertiary/aromatic N) is 1. The third-order valence-corrected chi connectivity index (χ3v) is 3.77. The SMILES string of the molecule is CC(=O)c1ccc(N(CC(=O)Nc2ccccc2C(F)(F)F)C(C)=O)cc1. The number of anilines is 2. The molecule has 0 atom stereocenters. The van der Waals surface area contributed by atoms with Crippen LogP contribution in [0.25, 0.3) is 0 Å². The van der Waals surface area contributed by atoms with Crippen LogP contribution < -0.4 is 10.2 Å². The normalized spacial score (nSPS) is 11.0. The molecule has 2 aromatic rings. The number of Topliss-reactive ketones (excluding diaryl/α,β-unsaturated/α-hetero) is 1. The molecule has 2 aromatic carbocycles. The lowest BCUT2D eigenvalue weighted by molar-refractivity contribution is -0.137. The molecule has 0 aromatic heterocycles. The lowest BCUT2D eigenvalue weighted by Crippen LogP contribution is -2.37. The van der Waals surface area contributed by atoms with E-state index in [1.54, 1.807) is 0 Å². The lowest BCUT2D eigenvalue weighted by Gasteiger charge is -2.21. The Kier molecular flexibility index (Phi) is 5.99. The number of benzene rings is 2. The van der Waals surface area contributed by atoms with E-state index in [4.69, 9.17) is 0 Å². The number of nitrogens with one attached hydrogen (secondary N) is 1. The van der Waals surface area contributed by atoms with Crippen molar-refractivity contribution in [1.29, 1.82) is 0 Å². The molecule has 1 N–H and O–H groups in total. The molecule has 0 aliphatic heterocycles. The van der Waals surface area contributed by atoms with Gasteiger partial charge in [0.05, 0.1) is 11.3 Å². The second-order valence-electron chi connectivity index (χ2n) is 5.80. The average Bonchev–Trinajstić information content (AvgIpc) is 2.59. The Bertz CT molecular complexity index is 861. The van der Waals surface area contributed by atoms with Gasteiger partial charge in [-0.3, -0.25) is 14.4 Å². The number of alkyl halides is 3. The summed E-state index contributed by atoms with van der Waals surface area (Å²) < 4.78 is 39.0. The predicted molar refractivity (Wildman–Crippen MR) is 94.5 cm³/mol. The third kappa shape index (κ3) is 5.16. The van der Waals surface area contributed by atoms with Gasteiger partial charge >= 0.3 is 6.18 Å². The highest BCUT2D eigenvalue weighted by Gasteiger charge is 2.33. The van der Waals surface area contributed by atoms with Crippen molar-refractivity contribution in [2.45, 2.75) is 20.0 Å². The predicted octanol–water partition coefficient (Wildman–Crippen LogP) is 3.90. The van der Waals surface area contributed by atoms with E-state index in [9.17, 15) is 27.6 Å². The molecule has 0 radical (unpaired) electrons. The van der Waals surface area contributed by atoms with Crippen LogP contribution in [0.4, 0.5) is 24.5 Å². The number of hydrogen-bond acceptors (Lipinski definition) is 3. The van der Waals surface area contributed by atoms with Gasteiger partial charge in [0.2, 0.25) is 11.8 Å². The Labute approximate surface area is 153 Å². The smallest absolute Gasteiger partial charge is 0.324 e. The van der Waals surface area contributed by atoms with Crippen LogP contribution in [0.2, 0.25) is 0 Å². The van der Waals surface area contributed by atoms with Gasteiger partial charge in [-0.25, -0.2) is 0 Å². The largest absolute Gasteiger partial charge is 0.418 e. The molecule has 27 heavy (non-hydrogen) atoms. The first kappa shape index (κ1) is 20.2. The average molecular weight is 378 g/mol. The molecule has 0 saturated heterocycles. The minimum absolute atomic E-state index is 0.155.